The van der Waals surface area contributed by atoms with Gasteiger partial charge in [-0.25, -0.2) is 14.8 Å². The highest BCUT2D eigenvalue weighted by atomic mass is 16.6. The molecule has 1 aromatic heterocycles. The second kappa shape index (κ2) is 9.95. The predicted molar refractivity (Wildman–Crippen MR) is 118 cm³/mol. The van der Waals surface area contributed by atoms with Crippen molar-refractivity contribution >= 4 is 18.0 Å². The number of ether oxygens (including phenoxy) is 1. The van der Waals surface area contributed by atoms with Crippen LogP contribution in [0.5, 0.6) is 0 Å². The second-order valence-electron chi connectivity index (χ2n) is 8.86. The molecule has 2 fully saturated rings. The van der Waals surface area contributed by atoms with E-state index in [2.05, 4.69) is 30.1 Å². The molecule has 0 spiro atoms. The minimum Gasteiger partial charge on any atom is -0.444 e. The lowest BCUT2D eigenvalue weighted by Crippen LogP contribution is -2.53. The van der Waals surface area contributed by atoms with Crippen LogP contribution in [0.15, 0.2) is 23.5 Å². The van der Waals surface area contributed by atoms with E-state index in [1.54, 1.807) is 12.4 Å². The van der Waals surface area contributed by atoms with Crippen LogP contribution < -0.4 is 10.2 Å². The molecule has 3 heterocycles. The standard InChI is InChI=1S/C21H35N7O2/c1-21(2,3)30-20(29)28-10-6-17(7-11-28)16-25-18(22-4)26-12-14-27(15-13-26)19-23-8-5-9-24-19/h5,8-9,17H,6-7,10-16H2,1-4H3,(H,22,25). The number of hydrogen-bond donors (Lipinski definition) is 1. The van der Waals surface area contributed by atoms with Crippen molar-refractivity contribution in [1.82, 2.24) is 25.1 Å². The molecular weight excluding hydrogens is 382 g/mol. The fourth-order valence-corrected chi connectivity index (χ4v) is 3.79. The molecule has 1 amide bonds. The number of amides is 1. The molecule has 0 aliphatic carbocycles. The molecule has 30 heavy (non-hydrogen) atoms. The summed E-state index contributed by atoms with van der Waals surface area (Å²) >= 11 is 0. The molecular formula is C21H35N7O2. The number of carbonyl (C=O) groups excluding carboxylic acids is 1. The number of piperazine rings is 1. The van der Waals surface area contributed by atoms with Gasteiger partial charge in [0.15, 0.2) is 5.96 Å². The number of nitrogens with zero attached hydrogens (tertiary/aromatic N) is 6. The molecule has 0 saturated carbocycles. The minimum atomic E-state index is -0.446. The van der Waals surface area contributed by atoms with Gasteiger partial charge in [0.2, 0.25) is 5.95 Å². The van der Waals surface area contributed by atoms with Gasteiger partial charge in [-0.3, -0.25) is 4.99 Å². The molecule has 0 unspecified atom stereocenters. The smallest absolute Gasteiger partial charge is 0.410 e. The second-order valence-corrected chi connectivity index (χ2v) is 8.86. The summed E-state index contributed by atoms with van der Waals surface area (Å²) in [7, 11) is 1.83. The van der Waals surface area contributed by atoms with E-state index in [1.165, 1.54) is 0 Å². The highest BCUT2D eigenvalue weighted by Gasteiger charge is 2.27. The Morgan fingerprint density at radius 1 is 1.10 bits per heavy atom. The van der Waals surface area contributed by atoms with Gasteiger partial charge in [-0.2, -0.15) is 0 Å². The average molecular weight is 418 g/mol. The highest BCUT2D eigenvalue weighted by Crippen LogP contribution is 2.19. The van der Waals surface area contributed by atoms with Crippen LogP contribution >= 0.6 is 0 Å². The maximum atomic E-state index is 12.2. The van der Waals surface area contributed by atoms with E-state index in [-0.39, 0.29) is 6.09 Å². The van der Waals surface area contributed by atoms with Crippen molar-refractivity contribution in [3.63, 3.8) is 0 Å². The summed E-state index contributed by atoms with van der Waals surface area (Å²) in [5.41, 5.74) is -0.446. The molecule has 9 nitrogen and oxygen atoms in total. The van der Waals surface area contributed by atoms with Gasteiger partial charge in [0.1, 0.15) is 5.60 Å². The highest BCUT2D eigenvalue weighted by molar-refractivity contribution is 5.80. The lowest BCUT2D eigenvalue weighted by atomic mass is 9.97. The summed E-state index contributed by atoms with van der Waals surface area (Å²) in [4.78, 5) is 31.7. The average Bonchev–Trinajstić information content (AvgIpc) is 2.74. The Bertz CT molecular complexity index is 704. The largest absolute Gasteiger partial charge is 0.444 e. The summed E-state index contributed by atoms with van der Waals surface area (Å²) < 4.78 is 5.48. The number of rotatable bonds is 3. The van der Waals surface area contributed by atoms with Crippen LogP contribution in [-0.2, 0) is 4.74 Å². The summed E-state index contributed by atoms with van der Waals surface area (Å²) in [6.45, 7) is 11.6. The molecule has 0 aromatic carbocycles. The van der Waals surface area contributed by atoms with E-state index >= 15 is 0 Å². The van der Waals surface area contributed by atoms with Gasteiger partial charge in [-0.1, -0.05) is 0 Å². The Morgan fingerprint density at radius 3 is 2.30 bits per heavy atom. The quantitative estimate of drug-likeness (QED) is 0.593. The number of nitrogens with one attached hydrogen (secondary N) is 1. The minimum absolute atomic E-state index is 0.204. The molecule has 1 N–H and O–H groups in total. The first-order chi connectivity index (χ1) is 14.4. The predicted octanol–water partition coefficient (Wildman–Crippen LogP) is 1.82. The van der Waals surface area contributed by atoms with Gasteiger partial charge < -0.3 is 24.8 Å². The lowest BCUT2D eigenvalue weighted by molar-refractivity contribution is 0.0185. The fourth-order valence-electron chi connectivity index (χ4n) is 3.79. The van der Waals surface area contributed by atoms with Crippen molar-refractivity contribution in [3.8, 4) is 0 Å². The zero-order valence-corrected chi connectivity index (χ0v) is 18.7. The molecule has 166 valence electrons. The molecule has 9 heteroatoms. The van der Waals surface area contributed by atoms with Crippen LogP contribution in [0.3, 0.4) is 0 Å². The normalized spacial score (nSPS) is 19.1. The van der Waals surface area contributed by atoms with Crippen LogP contribution in [0.1, 0.15) is 33.6 Å². The number of hydrogen-bond acceptors (Lipinski definition) is 6. The number of anilines is 1. The van der Waals surface area contributed by atoms with Crippen molar-refractivity contribution in [2.24, 2.45) is 10.9 Å². The summed E-state index contributed by atoms with van der Waals surface area (Å²) in [6.07, 6.45) is 5.31. The van der Waals surface area contributed by atoms with Crippen molar-refractivity contribution in [2.45, 2.75) is 39.2 Å². The topological polar surface area (TPSA) is 86.2 Å². The van der Waals surface area contributed by atoms with Gasteiger partial charge >= 0.3 is 6.09 Å². The molecule has 0 atom stereocenters. The van der Waals surface area contributed by atoms with Gasteiger partial charge in [0, 0.05) is 65.3 Å². The summed E-state index contributed by atoms with van der Waals surface area (Å²) in [5.74, 6) is 2.26. The first-order valence-electron chi connectivity index (χ1n) is 10.8. The van der Waals surface area contributed by atoms with Crippen molar-refractivity contribution < 1.29 is 9.53 Å². The van der Waals surface area contributed by atoms with Gasteiger partial charge in [0.25, 0.3) is 0 Å². The van der Waals surface area contributed by atoms with Crippen molar-refractivity contribution in [1.29, 1.82) is 0 Å². The Morgan fingerprint density at radius 2 is 1.73 bits per heavy atom. The molecule has 0 radical (unpaired) electrons. The molecule has 2 aliphatic heterocycles. The van der Waals surface area contributed by atoms with E-state index in [0.29, 0.717) is 5.92 Å². The van der Waals surface area contributed by atoms with Crippen molar-refractivity contribution in [3.05, 3.63) is 18.5 Å². The Labute approximate surface area is 179 Å². The van der Waals surface area contributed by atoms with Gasteiger partial charge in [0.05, 0.1) is 0 Å². The van der Waals surface area contributed by atoms with E-state index in [4.69, 9.17) is 4.74 Å². The third-order valence-electron chi connectivity index (χ3n) is 5.44. The lowest BCUT2D eigenvalue weighted by Gasteiger charge is -2.37. The molecule has 2 saturated heterocycles. The molecule has 3 rings (SSSR count). The summed E-state index contributed by atoms with van der Waals surface area (Å²) in [5, 5.41) is 3.54. The van der Waals surface area contributed by atoms with E-state index < -0.39 is 5.60 Å². The Hall–Kier alpha value is -2.58. The third kappa shape index (κ3) is 6.21. The number of aliphatic imine (C=N–C) groups is 1. The SMILES string of the molecule is CN=C(NCC1CCN(C(=O)OC(C)(C)C)CC1)N1CCN(c2ncccn2)CC1. The van der Waals surface area contributed by atoms with Gasteiger partial charge in [-0.05, 0) is 45.6 Å². The monoisotopic (exact) mass is 417 g/mol. The first kappa shape index (κ1) is 22.1. The van der Waals surface area contributed by atoms with Crippen molar-refractivity contribution in [2.75, 3.05) is 57.8 Å². The van der Waals surface area contributed by atoms with Crippen LogP contribution in [0, 0.1) is 5.92 Å². The molecule has 2 aliphatic rings. The van der Waals surface area contributed by atoms with Crippen LogP contribution in [-0.4, -0.2) is 90.3 Å². The number of carbonyl (C=O) groups is 1. The maximum absolute atomic E-state index is 12.2. The molecule has 0 bridgehead atoms. The zero-order valence-electron chi connectivity index (χ0n) is 18.7. The van der Waals surface area contributed by atoms with E-state index in [1.807, 2.05) is 38.8 Å². The van der Waals surface area contributed by atoms with Crippen LogP contribution in [0.2, 0.25) is 0 Å². The van der Waals surface area contributed by atoms with E-state index in [0.717, 1.165) is 70.6 Å². The Balaban J connectivity index is 1.40. The zero-order chi connectivity index (χ0) is 21.6. The van der Waals surface area contributed by atoms with Crippen LogP contribution in [0.25, 0.3) is 0 Å². The molecule has 1 aromatic rings. The number of guanidine groups is 1. The van der Waals surface area contributed by atoms with E-state index in [9.17, 15) is 4.79 Å². The van der Waals surface area contributed by atoms with Crippen LogP contribution in [0.4, 0.5) is 10.7 Å². The summed E-state index contributed by atoms with van der Waals surface area (Å²) in [6, 6.07) is 1.84. The fraction of sp³-hybridized carbons (Fsp3) is 0.714. The third-order valence-corrected chi connectivity index (χ3v) is 5.44. The maximum Gasteiger partial charge on any atom is 0.410 e. The first-order valence-corrected chi connectivity index (χ1v) is 10.8. The van der Waals surface area contributed by atoms with Gasteiger partial charge in [-0.15, -0.1) is 0 Å². The number of likely N-dealkylation sites (tertiary alicyclic amines) is 1. The Kier molecular flexibility index (Phi) is 7.33. The number of piperidine rings is 1. The number of aromatic nitrogens is 2.